The van der Waals surface area contributed by atoms with Crippen molar-refractivity contribution in [1.29, 1.82) is 5.26 Å². The standard InChI is InChI=1S/C28H24FN7O/c1-18-17-35(27-21(16-30)28(37)34(3)23-11-12-24(31-2)33-25(23)27)14-15-36(18)26(22-6-4-5-13-32-22)19-7-9-20(29)10-8-19/h4-13,18,26H,14-15,17H2,1,3H3/t18-,26?/m1/s1. The number of pyridine rings is 3. The third-order valence-electron chi connectivity index (χ3n) is 6.91. The molecule has 0 N–H and O–H groups in total. The molecule has 1 unspecified atom stereocenters. The maximum Gasteiger partial charge on any atom is 0.271 e. The highest BCUT2D eigenvalue weighted by molar-refractivity contribution is 5.92. The van der Waals surface area contributed by atoms with Crippen LogP contribution in [-0.4, -0.2) is 45.1 Å². The van der Waals surface area contributed by atoms with Gasteiger partial charge in [-0.25, -0.2) is 4.39 Å². The number of hydrogen-bond acceptors (Lipinski definition) is 6. The molecule has 1 saturated heterocycles. The maximum absolute atomic E-state index is 13.7. The summed E-state index contributed by atoms with van der Waals surface area (Å²) >= 11 is 0. The van der Waals surface area contributed by atoms with Gasteiger partial charge in [0.25, 0.3) is 11.4 Å². The van der Waals surface area contributed by atoms with Crippen molar-refractivity contribution in [2.45, 2.75) is 19.0 Å². The topological polar surface area (TPSA) is 82.4 Å². The molecular weight excluding hydrogens is 469 g/mol. The first-order valence-electron chi connectivity index (χ1n) is 11.9. The highest BCUT2D eigenvalue weighted by atomic mass is 19.1. The van der Waals surface area contributed by atoms with Gasteiger partial charge in [0.1, 0.15) is 23.1 Å². The van der Waals surface area contributed by atoms with Gasteiger partial charge in [0, 0.05) is 38.9 Å². The molecule has 1 aliphatic rings. The van der Waals surface area contributed by atoms with Crippen molar-refractivity contribution >= 4 is 22.5 Å². The number of fused-ring (bicyclic) bond motifs is 1. The van der Waals surface area contributed by atoms with Crippen LogP contribution in [-0.2, 0) is 7.05 Å². The van der Waals surface area contributed by atoms with E-state index in [1.165, 1.54) is 16.7 Å². The number of rotatable bonds is 4. The number of piperazine rings is 1. The first-order chi connectivity index (χ1) is 17.9. The van der Waals surface area contributed by atoms with E-state index in [-0.39, 0.29) is 29.3 Å². The summed E-state index contributed by atoms with van der Waals surface area (Å²) in [5.41, 5.74) is 2.91. The smallest absolute Gasteiger partial charge is 0.271 e. The monoisotopic (exact) mass is 493 g/mol. The number of nitriles is 1. The van der Waals surface area contributed by atoms with Gasteiger partial charge in [0.15, 0.2) is 0 Å². The predicted molar refractivity (Wildman–Crippen MR) is 139 cm³/mol. The molecule has 1 aliphatic heterocycles. The van der Waals surface area contributed by atoms with Gasteiger partial charge in [-0.3, -0.25) is 14.7 Å². The Balaban J connectivity index is 1.56. The van der Waals surface area contributed by atoms with Crippen molar-refractivity contribution in [1.82, 2.24) is 19.4 Å². The minimum absolute atomic E-state index is 0.0134. The van der Waals surface area contributed by atoms with Crippen LogP contribution in [0.3, 0.4) is 0 Å². The number of halogens is 1. The predicted octanol–water partition coefficient (Wildman–Crippen LogP) is 4.19. The molecule has 3 aromatic heterocycles. The summed E-state index contributed by atoms with van der Waals surface area (Å²) in [4.78, 5) is 29.9. The Labute approximate surface area is 213 Å². The van der Waals surface area contributed by atoms with Crippen LogP contribution in [0.4, 0.5) is 15.9 Å². The first kappa shape index (κ1) is 24.1. The highest BCUT2D eigenvalue weighted by Crippen LogP contribution is 2.35. The normalized spacial score (nSPS) is 16.8. The second kappa shape index (κ2) is 9.81. The molecule has 9 heteroatoms. The van der Waals surface area contributed by atoms with Crippen LogP contribution in [0.25, 0.3) is 15.9 Å². The van der Waals surface area contributed by atoms with Gasteiger partial charge >= 0.3 is 0 Å². The molecule has 2 atom stereocenters. The Bertz CT molecular complexity index is 1600. The Morgan fingerprint density at radius 1 is 1.16 bits per heavy atom. The minimum atomic E-state index is -0.393. The van der Waals surface area contributed by atoms with E-state index in [0.29, 0.717) is 36.4 Å². The summed E-state index contributed by atoms with van der Waals surface area (Å²) in [6, 6.07) is 17.4. The molecule has 0 saturated carbocycles. The van der Waals surface area contributed by atoms with Gasteiger partial charge < -0.3 is 14.3 Å². The van der Waals surface area contributed by atoms with Crippen molar-refractivity contribution in [3.63, 3.8) is 0 Å². The Morgan fingerprint density at radius 3 is 2.59 bits per heavy atom. The van der Waals surface area contributed by atoms with Crippen LogP contribution >= 0.6 is 0 Å². The van der Waals surface area contributed by atoms with E-state index in [1.54, 1.807) is 37.5 Å². The van der Waals surface area contributed by atoms with Gasteiger partial charge in [-0.1, -0.05) is 24.8 Å². The van der Waals surface area contributed by atoms with Crippen LogP contribution in [0.5, 0.6) is 0 Å². The highest BCUT2D eigenvalue weighted by Gasteiger charge is 2.35. The molecule has 37 heavy (non-hydrogen) atoms. The molecule has 5 rings (SSSR count). The molecule has 1 aromatic carbocycles. The molecule has 4 heterocycles. The Kier molecular flexibility index (Phi) is 6.39. The SMILES string of the molecule is [C-]#[N+]c1ccc2c(n1)c(N1CCN(C(c3ccc(F)cc3)c3ccccn3)[C@H](C)C1)c(C#N)c(=O)n2C. The van der Waals surface area contributed by atoms with E-state index in [1.807, 2.05) is 23.1 Å². The first-order valence-corrected chi connectivity index (χ1v) is 11.9. The minimum Gasteiger partial charge on any atom is -0.364 e. The lowest BCUT2D eigenvalue weighted by Crippen LogP contribution is -2.53. The zero-order valence-corrected chi connectivity index (χ0v) is 20.5. The van der Waals surface area contributed by atoms with E-state index in [9.17, 15) is 14.4 Å². The second-order valence-electron chi connectivity index (χ2n) is 9.09. The van der Waals surface area contributed by atoms with Gasteiger partial charge in [0.05, 0.1) is 17.3 Å². The van der Waals surface area contributed by atoms with Gasteiger partial charge in [-0.2, -0.15) is 5.26 Å². The van der Waals surface area contributed by atoms with Crippen LogP contribution in [0.15, 0.2) is 65.6 Å². The number of nitrogens with zero attached hydrogens (tertiary/aromatic N) is 7. The Hall–Kier alpha value is -4.60. The van der Waals surface area contributed by atoms with Crippen molar-refractivity contribution in [2.24, 2.45) is 7.05 Å². The molecule has 0 spiro atoms. The van der Waals surface area contributed by atoms with Gasteiger partial charge in [-0.15, -0.1) is 4.98 Å². The fourth-order valence-electron chi connectivity index (χ4n) is 5.13. The Morgan fingerprint density at radius 2 is 1.95 bits per heavy atom. The van der Waals surface area contributed by atoms with Crippen molar-refractivity contribution in [3.05, 3.63) is 105 Å². The molecule has 4 aromatic rings. The number of anilines is 1. The second-order valence-corrected chi connectivity index (χ2v) is 9.09. The summed E-state index contributed by atoms with van der Waals surface area (Å²) in [5.74, 6) is -0.0938. The average molecular weight is 494 g/mol. The molecule has 184 valence electrons. The number of aromatic nitrogens is 3. The number of hydrogen-bond donors (Lipinski definition) is 0. The summed E-state index contributed by atoms with van der Waals surface area (Å²) < 4.78 is 15.1. The quantitative estimate of drug-likeness (QED) is 0.397. The number of aryl methyl sites for hydroxylation is 1. The van der Waals surface area contributed by atoms with E-state index >= 15 is 0 Å². The molecule has 8 nitrogen and oxygen atoms in total. The molecule has 1 fully saturated rings. The van der Waals surface area contributed by atoms with Gasteiger partial charge in [0.2, 0.25) is 5.52 Å². The maximum atomic E-state index is 13.7. The number of benzene rings is 1. The summed E-state index contributed by atoms with van der Waals surface area (Å²) in [5, 5.41) is 9.94. The summed E-state index contributed by atoms with van der Waals surface area (Å²) in [6.07, 6.45) is 1.75. The van der Waals surface area contributed by atoms with Crippen LogP contribution in [0.2, 0.25) is 0 Å². The lowest BCUT2D eigenvalue weighted by atomic mass is 9.97. The van der Waals surface area contributed by atoms with Crippen LogP contribution in [0, 0.1) is 23.7 Å². The largest absolute Gasteiger partial charge is 0.364 e. The lowest BCUT2D eigenvalue weighted by Gasteiger charge is -2.44. The molecule has 0 radical (unpaired) electrons. The van der Waals surface area contributed by atoms with Crippen molar-refractivity contribution in [3.8, 4) is 6.07 Å². The molecule has 0 aliphatic carbocycles. The zero-order valence-electron chi connectivity index (χ0n) is 20.5. The zero-order chi connectivity index (χ0) is 26.1. The molecule has 0 amide bonds. The van der Waals surface area contributed by atoms with Gasteiger partial charge in [-0.05, 0) is 48.9 Å². The third kappa shape index (κ3) is 4.31. The lowest BCUT2D eigenvalue weighted by molar-refractivity contribution is 0.147. The average Bonchev–Trinajstić information content (AvgIpc) is 2.93. The van der Waals surface area contributed by atoms with E-state index < -0.39 is 5.56 Å². The van der Waals surface area contributed by atoms with E-state index in [2.05, 4.69) is 32.7 Å². The fraction of sp³-hybridized carbons (Fsp3) is 0.250. The summed E-state index contributed by atoms with van der Waals surface area (Å²) in [7, 11) is 1.61. The molecule has 0 bridgehead atoms. The third-order valence-corrected chi connectivity index (χ3v) is 6.91. The van der Waals surface area contributed by atoms with Crippen LogP contribution in [0.1, 0.15) is 29.8 Å². The van der Waals surface area contributed by atoms with Crippen LogP contribution < -0.4 is 10.5 Å². The summed E-state index contributed by atoms with van der Waals surface area (Å²) in [6.45, 7) is 11.1. The van der Waals surface area contributed by atoms with E-state index in [0.717, 1.165) is 11.3 Å². The fourth-order valence-corrected chi connectivity index (χ4v) is 5.13. The van der Waals surface area contributed by atoms with Crippen molar-refractivity contribution < 1.29 is 4.39 Å². The molecular formula is C28H24FN7O. The van der Waals surface area contributed by atoms with Crippen molar-refractivity contribution in [2.75, 3.05) is 24.5 Å². The van der Waals surface area contributed by atoms with E-state index in [4.69, 9.17) is 6.57 Å².